The molecule has 2 aliphatic carbocycles. The highest BCUT2D eigenvalue weighted by Crippen LogP contribution is 2.65. The number of carbonyl (C=O) groups is 1. The van der Waals surface area contributed by atoms with Gasteiger partial charge < -0.3 is 9.47 Å². The zero-order valence-electron chi connectivity index (χ0n) is 12.5. The van der Waals surface area contributed by atoms with Gasteiger partial charge in [0.1, 0.15) is 5.60 Å². The lowest BCUT2D eigenvalue weighted by molar-refractivity contribution is -0.148. The monoisotopic (exact) mass is 266 g/mol. The molecule has 3 rings (SSSR count). The molecule has 1 aliphatic heterocycles. The zero-order chi connectivity index (χ0) is 13.7. The van der Waals surface area contributed by atoms with Gasteiger partial charge in [0.25, 0.3) is 0 Å². The maximum Gasteiger partial charge on any atom is 0.341 e. The second-order valence-electron chi connectivity index (χ2n) is 7.19. The van der Waals surface area contributed by atoms with Crippen molar-refractivity contribution in [3.05, 3.63) is 0 Å². The van der Waals surface area contributed by atoms with E-state index in [1.54, 1.807) is 0 Å². The van der Waals surface area contributed by atoms with Crippen LogP contribution in [0, 0.1) is 11.3 Å². The topological polar surface area (TPSA) is 38.8 Å². The first kappa shape index (κ1) is 13.4. The third-order valence-electron chi connectivity index (χ3n) is 6.08. The molecular formula is C16H26O3. The molecule has 1 heterocycles. The van der Waals surface area contributed by atoms with Gasteiger partial charge in [0.05, 0.1) is 7.11 Å². The minimum Gasteiger partial charge on any atom is -0.467 e. The third-order valence-corrected chi connectivity index (χ3v) is 6.08. The fourth-order valence-corrected chi connectivity index (χ4v) is 4.82. The summed E-state index contributed by atoms with van der Waals surface area (Å²) in [6.07, 6.45) is 10.1. The molecule has 1 atom stereocenters. The maximum atomic E-state index is 12.2. The Labute approximate surface area is 116 Å². The van der Waals surface area contributed by atoms with Crippen LogP contribution >= 0.6 is 0 Å². The molecule has 3 heteroatoms. The second-order valence-corrected chi connectivity index (χ2v) is 7.19. The Balaban J connectivity index is 1.75. The predicted molar refractivity (Wildman–Crippen MR) is 72.8 cm³/mol. The van der Waals surface area contributed by atoms with E-state index in [1.807, 2.05) is 0 Å². The molecule has 0 aromatic heterocycles. The Kier molecular flexibility index (Phi) is 2.97. The minimum absolute atomic E-state index is 0.162. The number of ether oxygens (including phenoxy) is 2. The van der Waals surface area contributed by atoms with E-state index in [-0.39, 0.29) is 17.5 Å². The summed E-state index contributed by atoms with van der Waals surface area (Å²) >= 11 is 0. The number of epoxide rings is 1. The van der Waals surface area contributed by atoms with E-state index in [2.05, 4.69) is 13.8 Å². The molecule has 3 nitrogen and oxygen atoms in total. The van der Waals surface area contributed by atoms with Crippen LogP contribution in [0.25, 0.3) is 0 Å². The molecule has 3 aliphatic rings. The molecule has 2 saturated carbocycles. The van der Waals surface area contributed by atoms with Crippen LogP contribution in [0.2, 0.25) is 0 Å². The molecule has 3 fully saturated rings. The van der Waals surface area contributed by atoms with Gasteiger partial charge in [0.15, 0.2) is 5.60 Å². The fourth-order valence-electron chi connectivity index (χ4n) is 4.82. The van der Waals surface area contributed by atoms with Gasteiger partial charge in [-0.1, -0.05) is 26.7 Å². The largest absolute Gasteiger partial charge is 0.467 e. The van der Waals surface area contributed by atoms with Gasteiger partial charge in [-0.25, -0.2) is 4.79 Å². The molecule has 0 aromatic rings. The van der Waals surface area contributed by atoms with Crippen LogP contribution < -0.4 is 0 Å². The molecule has 0 aromatic carbocycles. The number of rotatable bonds is 2. The van der Waals surface area contributed by atoms with Crippen molar-refractivity contribution in [1.29, 1.82) is 0 Å². The van der Waals surface area contributed by atoms with E-state index in [9.17, 15) is 4.79 Å². The van der Waals surface area contributed by atoms with Crippen molar-refractivity contribution >= 4 is 5.97 Å². The van der Waals surface area contributed by atoms with Crippen molar-refractivity contribution in [2.45, 2.75) is 76.4 Å². The third kappa shape index (κ3) is 1.70. The molecule has 2 spiro atoms. The Hall–Kier alpha value is -0.570. The van der Waals surface area contributed by atoms with Gasteiger partial charge in [-0.05, 0) is 49.9 Å². The molecule has 108 valence electrons. The number of hydrogen-bond acceptors (Lipinski definition) is 3. The summed E-state index contributed by atoms with van der Waals surface area (Å²) in [7, 11) is 1.48. The van der Waals surface area contributed by atoms with Crippen LogP contribution in [0.4, 0.5) is 0 Å². The predicted octanol–water partition coefficient (Wildman–Crippen LogP) is 3.46. The lowest BCUT2D eigenvalue weighted by atomic mass is 9.65. The van der Waals surface area contributed by atoms with Crippen LogP contribution in [0.5, 0.6) is 0 Å². The minimum atomic E-state index is -0.651. The average Bonchev–Trinajstić information content (AvgIpc) is 2.85. The average molecular weight is 266 g/mol. The van der Waals surface area contributed by atoms with Crippen LogP contribution in [0.1, 0.15) is 65.2 Å². The number of methoxy groups -OCH3 is 1. The highest BCUT2D eigenvalue weighted by Gasteiger charge is 2.77. The highest BCUT2D eigenvalue weighted by atomic mass is 16.7. The molecule has 0 N–H and O–H groups in total. The summed E-state index contributed by atoms with van der Waals surface area (Å²) in [6, 6.07) is 0. The second kappa shape index (κ2) is 4.21. The Bertz CT molecular complexity index is 371. The Morgan fingerprint density at radius 3 is 2.11 bits per heavy atom. The normalized spacial score (nSPS) is 34.9. The number of esters is 1. The lowest BCUT2D eigenvalue weighted by Crippen LogP contribution is -2.43. The van der Waals surface area contributed by atoms with Gasteiger partial charge >= 0.3 is 5.97 Å². The van der Waals surface area contributed by atoms with Crippen molar-refractivity contribution < 1.29 is 14.3 Å². The molecule has 19 heavy (non-hydrogen) atoms. The summed E-state index contributed by atoms with van der Waals surface area (Å²) in [4.78, 5) is 12.2. The summed E-state index contributed by atoms with van der Waals surface area (Å²) in [5, 5.41) is 0. The maximum absolute atomic E-state index is 12.2. The molecule has 1 unspecified atom stereocenters. The van der Waals surface area contributed by atoms with Crippen molar-refractivity contribution in [2.24, 2.45) is 11.3 Å². The van der Waals surface area contributed by atoms with E-state index >= 15 is 0 Å². The van der Waals surface area contributed by atoms with Crippen molar-refractivity contribution in [3.63, 3.8) is 0 Å². The summed E-state index contributed by atoms with van der Waals surface area (Å²) < 4.78 is 11.1. The molecular weight excluding hydrogens is 240 g/mol. The van der Waals surface area contributed by atoms with E-state index in [1.165, 1.54) is 45.6 Å². The summed E-state index contributed by atoms with van der Waals surface area (Å²) in [5.41, 5.74) is -0.278. The smallest absolute Gasteiger partial charge is 0.341 e. The van der Waals surface area contributed by atoms with E-state index in [0.717, 1.165) is 12.8 Å². The summed E-state index contributed by atoms with van der Waals surface area (Å²) in [6.45, 7) is 4.15. The number of hydrogen-bond donors (Lipinski definition) is 0. The molecule has 0 radical (unpaired) electrons. The number of carbonyl (C=O) groups excluding carboxylic acids is 1. The van der Waals surface area contributed by atoms with Gasteiger partial charge in [0.2, 0.25) is 0 Å². The van der Waals surface area contributed by atoms with Crippen molar-refractivity contribution in [3.8, 4) is 0 Å². The zero-order valence-corrected chi connectivity index (χ0v) is 12.5. The van der Waals surface area contributed by atoms with E-state index < -0.39 is 5.60 Å². The Morgan fingerprint density at radius 1 is 1.05 bits per heavy atom. The SMILES string of the molecule is COC(=O)C1(C(C)C)OC12CCC1(CCCC1)CC2. The molecule has 1 saturated heterocycles. The lowest BCUT2D eigenvalue weighted by Gasteiger charge is -2.37. The van der Waals surface area contributed by atoms with Gasteiger partial charge in [0, 0.05) is 0 Å². The summed E-state index contributed by atoms with van der Waals surface area (Å²) in [5.74, 6) is 0.0300. The van der Waals surface area contributed by atoms with Crippen molar-refractivity contribution in [1.82, 2.24) is 0 Å². The molecule has 0 bridgehead atoms. The quantitative estimate of drug-likeness (QED) is 0.567. The van der Waals surface area contributed by atoms with E-state index in [4.69, 9.17) is 9.47 Å². The first-order valence-corrected chi connectivity index (χ1v) is 7.79. The van der Waals surface area contributed by atoms with Crippen molar-refractivity contribution in [2.75, 3.05) is 7.11 Å². The van der Waals surface area contributed by atoms with Crippen LogP contribution in [-0.4, -0.2) is 24.3 Å². The van der Waals surface area contributed by atoms with Crippen LogP contribution in [-0.2, 0) is 14.3 Å². The highest BCUT2D eigenvalue weighted by molar-refractivity contribution is 5.85. The van der Waals surface area contributed by atoms with Crippen LogP contribution in [0.3, 0.4) is 0 Å². The van der Waals surface area contributed by atoms with Crippen LogP contribution in [0.15, 0.2) is 0 Å². The van der Waals surface area contributed by atoms with Gasteiger partial charge in [-0.2, -0.15) is 0 Å². The standard InChI is InChI=1S/C16H26O3/c1-12(2)16(13(17)18-3)15(19-16)10-8-14(9-11-15)6-4-5-7-14/h12H,4-11H2,1-3H3. The van der Waals surface area contributed by atoms with E-state index in [0.29, 0.717) is 5.41 Å². The van der Waals surface area contributed by atoms with Gasteiger partial charge in [-0.15, -0.1) is 0 Å². The molecule has 0 amide bonds. The Morgan fingerprint density at radius 2 is 1.63 bits per heavy atom. The first-order chi connectivity index (χ1) is 9.00. The van der Waals surface area contributed by atoms with Gasteiger partial charge in [-0.3, -0.25) is 0 Å². The fraction of sp³-hybridized carbons (Fsp3) is 0.938. The first-order valence-electron chi connectivity index (χ1n) is 7.79.